The lowest BCUT2D eigenvalue weighted by Gasteiger charge is -2.00. The van der Waals surface area contributed by atoms with E-state index in [1.54, 1.807) is 6.92 Å². The van der Waals surface area contributed by atoms with E-state index < -0.39 is 0 Å². The largest absolute Gasteiger partial charge is 0.431 e. The SMILES string of the molecule is Cc1noc(CSc2nc(-c3ccccc3)c(-c3ccccc3)o2)n1. The zero-order valence-electron chi connectivity index (χ0n) is 13.5. The Kier molecular flexibility index (Phi) is 4.35. The van der Waals surface area contributed by atoms with Crippen LogP contribution in [0, 0.1) is 6.92 Å². The summed E-state index contributed by atoms with van der Waals surface area (Å²) in [4.78, 5) is 8.89. The molecule has 0 bridgehead atoms. The topological polar surface area (TPSA) is 65.0 Å². The van der Waals surface area contributed by atoms with E-state index in [0.29, 0.717) is 22.7 Å². The van der Waals surface area contributed by atoms with Gasteiger partial charge in [0, 0.05) is 11.1 Å². The quantitative estimate of drug-likeness (QED) is 0.473. The minimum atomic E-state index is 0.518. The average molecular weight is 349 g/mol. The molecule has 0 aliphatic carbocycles. The maximum atomic E-state index is 6.05. The maximum absolute atomic E-state index is 6.05. The van der Waals surface area contributed by atoms with Gasteiger partial charge in [0.25, 0.3) is 5.22 Å². The number of oxazole rings is 1. The highest BCUT2D eigenvalue weighted by molar-refractivity contribution is 7.98. The molecule has 5 nitrogen and oxygen atoms in total. The highest BCUT2D eigenvalue weighted by Gasteiger charge is 2.17. The van der Waals surface area contributed by atoms with Gasteiger partial charge in [0.2, 0.25) is 5.89 Å². The summed E-state index contributed by atoms with van der Waals surface area (Å²) in [6, 6.07) is 20.0. The molecule has 0 radical (unpaired) electrons. The van der Waals surface area contributed by atoms with Crippen LogP contribution in [-0.4, -0.2) is 15.1 Å². The average Bonchev–Trinajstić information content (AvgIpc) is 3.28. The van der Waals surface area contributed by atoms with Gasteiger partial charge in [-0.15, -0.1) is 0 Å². The molecule has 2 aromatic heterocycles. The standard InChI is InChI=1S/C19H15N3O2S/c1-13-20-16(24-22-13)12-25-19-21-17(14-8-4-2-5-9-14)18(23-19)15-10-6-3-7-11-15/h2-11H,12H2,1H3. The summed E-state index contributed by atoms with van der Waals surface area (Å²) in [5.74, 6) is 2.46. The highest BCUT2D eigenvalue weighted by atomic mass is 32.2. The van der Waals surface area contributed by atoms with Crippen LogP contribution in [0.25, 0.3) is 22.6 Å². The van der Waals surface area contributed by atoms with Crippen molar-refractivity contribution in [3.63, 3.8) is 0 Å². The second-order valence-corrected chi connectivity index (χ2v) is 6.34. The van der Waals surface area contributed by atoms with Crippen LogP contribution in [0.15, 0.2) is 74.8 Å². The molecular formula is C19H15N3O2S. The third-order valence-corrected chi connectivity index (χ3v) is 4.39. The van der Waals surface area contributed by atoms with Gasteiger partial charge in [-0.25, -0.2) is 4.98 Å². The number of thioether (sulfide) groups is 1. The molecule has 25 heavy (non-hydrogen) atoms. The smallest absolute Gasteiger partial charge is 0.257 e. The molecule has 0 fully saturated rings. The van der Waals surface area contributed by atoms with E-state index >= 15 is 0 Å². The number of rotatable bonds is 5. The number of benzene rings is 2. The van der Waals surface area contributed by atoms with Crippen molar-refractivity contribution in [2.75, 3.05) is 0 Å². The number of hydrogen-bond donors (Lipinski definition) is 0. The predicted octanol–water partition coefficient (Wildman–Crippen LogP) is 4.99. The van der Waals surface area contributed by atoms with E-state index in [1.165, 1.54) is 11.8 Å². The summed E-state index contributed by atoms with van der Waals surface area (Å²) in [5.41, 5.74) is 2.84. The van der Waals surface area contributed by atoms with Gasteiger partial charge in [-0.1, -0.05) is 77.6 Å². The Labute approximate surface area is 149 Å². The number of nitrogens with zero attached hydrogens (tertiary/aromatic N) is 3. The van der Waals surface area contributed by atoms with Crippen molar-refractivity contribution in [3.8, 4) is 22.6 Å². The van der Waals surface area contributed by atoms with Crippen LogP contribution in [0.2, 0.25) is 0 Å². The van der Waals surface area contributed by atoms with Crippen molar-refractivity contribution in [1.82, 2.24) is 15.1 Å². The first-order valence-electron chi connectivity index (χ1n) is 7.83. The molecule has 0 aliphatic heterocycles. The first-order valence-corrected chi connectivity index (χ1v) is 8.82. The van der Waals surface area contributed by atoms with Crippen LogP contribution in [0.3, 0.4) is 0 Å². The van der Waals surface area contributed by atoms with Gasteiger partial charge in [-0.05, 0) is 6.92 Å². The van der Waals surface area contributed by atoms with Crippen molar-refractivity contribution < 1.29 is 8.94 Å². The number of aryl methyl sites for hydroxylation is 1. The fourth-order valence-corrected chi connectivity index (χ4v) is 3.12. The third-order valence-electron chi connectivity index (χ3n) is 3.58. The summed E-state index contributed by atoms with van der Waals surface area (Å²) >= 11 is 1.44. The highest BCUT2D eigenvalue weighted by Crippen LogP contribution is 2.36. The van der Waals surface area contributed by atoms with Crippen molar-refractivity contribution in [2.45, 2.75) is 17.9 Å². The normalized spacial score (nSPS) is 10.9. The molecule has 0 saturated heterocycles. The lowest BCUT2D eigenvalue weighted by atomic mass is 10.1. The van der Waals surface area contributed by atoms with E-state index in [0.717, 1.165) is 22.6 Å². The van der Waals surface area contributed by atoms with Crippen LogP contribution in [-0.2, 0) is 5.75 Å². The summed E-state index contributed by atoms with van der Waals surface area (Å²) in [7, 11) is 0. The molecule has 2 aromatic carbocycles. The van der Waals surface area contributed by atoms with Crippen LogP contribution in [0.1, 0.15) is 11.7 Å². The molecule has 0 unspecified atom stereocenters. The van der Waals surface area contributed by atoms with E-state index in [1.807, 2.05) is 60.7 Å². The molecule has 0 aliphatic rings. The molecule has 4 aromatic rings. The van der Waals surface area contributed by atoms with Gasteiger partial charge in [0.15, 0.2) is 11.6 Å². The monoisotopic (exact) mass is 349 g/mol. The Balaban J connectivity index is 1.68. The van der Waals surface area contributed by atoms with Crippen molar-refractivity contribution >= 4 is 11.8 Å². The second-order valence-electron chi connectivity index (χ2n) is 5.41. The van der Waals surface area contributed by atoms with Crippen molar-refractivity contribution in [1.29, 1.82) is 0 Å². The van der Waals surface area contributed by atoms with Gasteiger partial charge in [0.05, 0.1) is 5.75 Å². The zero-order chi connectivity index (χ0) is 17.1. The first-order chi connectivity index (χ1) is 12.3. The van der Waals surface area contributed by atoms with E-state index in [4.69, 9.17) is 8.94 Å². The summed E-state index contributed by atoms with van der Waals surface area (Å²) in [6.45, 7) is 1.80. The summed E-state index contributed by atoms with van der Waals surface area (Å²) < 4.78 is 11.2. The summed E-state index contributed by atoms with van der Waals surface area (Å²) in [5, 5.41) is 4.37. The molecule has 6 heteroatoms. The lowest BCUT2D eigenvalue weighted by Crippen LogP contribution is -1.82. The van der Waals surface area contributed by atoms with E-state index in [-0.39, 0.29) is 0 Å². The van der Waals surface area contributed by atoms with Gasteiger partial charge in [-0.2, -0.15) is 4.98 Å². The molecule has 0 spiro atoms. The molecule has 0 saturated carbocycles. The maximum Gasteiger partial charge on any atom is 0.257 e. The van der Waals surface area contributed by atoms with Crippen LogP contribution in [0.4, 0.5) is 0 Å². The van der Waals surface area contributed by atoms with E-state index in [9.17, 15) is 0 Å². The predicted molar refractivity (Wildman–Crippen MR) is 96.0 cm³/mol. The third kappa shape index (κ3) is 3.49. The molecule has 4 rings (SSSR count). The zero-order valence-corrected chi connectivity index (χ0v) is 14.4. The van der Waals surface area contributed by atoms with E-state index in [2.05, 4.69) is 15.1 Å². The Hall–Kier alpha value is -2.86. The fourth-order valence-electron chi connectivity index (χ4n) is 2.46. The summed E-state index contributed by atoms with van der Waals surface area (Å²) in [6.07, 6.45) is 0. The van der Waals surface area contributed by atoms with Crippen molar-refractivity contribution in [2.24, 2.45) is 0 Å². The molecular weight excluding hydrogens is 334 g/mol. The first kappa shape index (κ1) is 15.7. The van der Waals surface area contributed by atoms with Crippen LogP contribution < -0.4 is 0 Å². The Morgan fingerprint density at radius 2 is 1.56 bits per heavy atom. The minimum Gasteiger partial charge on any atom is -0.431 e. The van der Waals surface area contributed by atoms with Crippen LogP contribution >= 0.6 is 11.8 Å². The minimum absolute atomic E-state index is 0.518. The molecule has 0 amide bonds. The second kappa shape index (κ2) is 6.94. The molecule has 0 atom stereocenters. The van der Waals surface area contributed by atoms with Gasteiger partial charge in [-0.3, -0.25) is 0 Å². The van der Waals surface area contributed by atoms with Crippen LogP contribution in [0.5, 0.6) is 0 Å². The molecule has 0 N–H and O–H groups in total. The Morgan fingerprint density at radius 1 is 0.880 bits per heavy atom. The molecule has 2 heterocycles. The lowest BCUT2D eigenvalue weighted by molar-refractivity contribution is 0.386. The van der Waals surface area contributed by atoms with Gasteiger partial charge in [0.1, 0.15) is 5.69 Å². The Morgan fingerprint density at radius 3 is 2.20 bits per heavy atom. The number of aromatic nitrogens is 3. The molecule has 124 valence electrons. The van der Waals surface area contributed by atoms with Gasteiger partial charge >= 0.3 is 0 Å². The fraction of sp³-hybridized carbons (Fsp3) is 0.105. The van der Waals surface area contributed by atoms with Crippen molar-refractivity contribution in [3.05, 3.63) is 72.4 Å². The Bertz CT molecular complexity index is 908. The van der Waals surface area contributed by atoms with Gasteiger partial charge < -0.3 is 8.94 Å². The number of hydrogen-bond acceptors (Lipinski definition) is 6.